The fourth-order valence-electron chi connectivity index (χ4n) is 2.28. The second-order valence-corrected chi connectivity index (χ2v) is 7.15. The molecule has 0 saturated heterocycles. The zero-order valence-electron chi connectivity index (χ0n) is 16.6. The van der Waals surface area contributed by atoms with Gasteiger partial charge in [0.1, 0.15) is 0 Å². The van der Waals surface area contributed by atoms with Crippen LogP contribution in [0.2, 0.25) is 0 Å². The molecule has 0 saturated carbocycles. The molecule has 2 N–H and O–H groups in total. The zero-order valence-corrected chi connectivity index (χ0v) is 18.9. The molecule has 144 valence electrons. The second-order valence-electron chi connectivity index (χ2n) is 7.15. The lowest BCUT2D eigenvalue weighted by atomic mass is 10.0. The van der Waals surface area contributed by atoms with Crippen LogP contribution in [-0.4, -0.2) is 62.2 Å². The number of nitrogens with zero attached hydrogens (tertiary/aromatic N) is 2. The van der Waals surface area contributed by atoms with Crippen molar-refractivity contribution in [3.8, 4) is 0 Å². The van der Waals surface area contributed by atoms with Crippen molar-refractivity contribution in [2.45, 2.75) is 59.6 Å². The molecule has 0 spiro atoms. The van der Waals surface area contributed by atoms with Crippen LogP contribution in [0.5, 0.6) is 0 Å². The summed E-state index contributed by atoms with van der Waals surface area (Å²) in [6.07, 6.45) is 1.15. The van der Waals surface area contributed by atoms with E-state index in [2.05, 4.69) is 29.5 Å². The van der Waals surface area contributed by atoms with E-state index in [9.17, 15) is 4.79 Å². The number of guanidine groups is 1. The molecule has 0 radical (unpaired) electrons. The fraction of sp³-hybridized carbons (Fsp3) is 0.882. The van der Waals surface area contributed by atoms with E-state index in [0.29, 0.717) is 11.9 Å². The van der Waals surface area contributed by atoms with Crippen molar-refractivity contribution in [1.82, 2.24) is 15.5 Å². The van der Waals surface area contributed by atoms with Crippen molar-refractivity contribution in [2.75, 3.05) is 33.8 Å². The lowest BCUT2D eigenvalue weighted by Crippen LogP contribution is -2.49. The van der Waals surface area contributed by atoms with Crippen LogP contribution in [0.4, 0.5) is 0 Å². The van der Waals surface area contributed by atoms with Gasteiger partial charge in [0.15, 0.2) is 5.96 Å². The first kappa shape index (κ1) is 25.7. The lowest BCUT2D eigenvalue weighted by Gasteiger charge is -2.26. The maximum atomic E-state index is 12.0. The summed E-state index contributed by atoms with van der Waals surface area (Å²) in [6, 6.07) is 0. The van der Waals surface area contributed by atoms with E-state index in [1.807, 2.05) is 39.6 Å². The van der Waals surface area contributed by atoms with Crippen molar-refractivity contribution in [2.24, 2.45) is 10.9 Å². The van der Waals surface area contributed by atoms with Crippen molar-refractivity contribution in [3.63, 3.8) is 0 Å². The summed E-state index contributed by atoms with van der Waals surface area (Å²) in [6.45, 7) is 14.0. The second kappa shape index (κ2) is 12.7. The maximum absolute atomic E-state index is 12.0. The van der Waals surface area contributed by atoms with Gasteiger partial charge in [0.25, 0.3) is 0 Å². The molecular weight excluding hydrogens is 419 g/mol. The normalized spacial score (nSPS) is 13.3. The standard InChI is InChI=1S/C17H36N4O2.HI/c1-9-23-14(13(2)3)10-11-19-16(18-7)21(8)12-15(22)20-17(4,5)6;/h13-14H,9-12H2,1-8H3,(H,18,19)(H,20,22);1H. The Kier molecular flexibility index (Phi) is 13.6. The molecule has 1 atom stereocenters. The zero-order chi connectivity index (χ0) is 18.0. The highest BCUT2D eigenvalue weighted by molar-refractivity contribution is 14.0. The number of ether oxygens (including phenoxy) is 1. The largest absolute Gasteiger partial charge is 0.378 e. The summed E-state index contributed by atoms with van der Waals surface area (Å²) in [5.41, 5.74) is -0.225. The van der Waals surface area contributed by atoms with Gasteiger partial charge in [-0.15, -0.1) is 24.0 Å². The Hall–Kier alpha value is -0.570. The van der Waals surface area contributed by atoms with E-state index >= 15 is 0 Å². The van der Waals surface area contributed by atoms with E-state index in [1.165, 1.54) is 0 Å². The Morgan fingerprint density at radius 3 is 2.29 bits per heavy atom. The third-order valence-electron chi connectivity index (χ3n) is 3.30. The van der Waals surface area contributed by atoms with Gasteiger partial charge in [0, 0.05) is 32.8 Å². The number of likely N-dealkylation sites (N-methyl/N-ethyl adjacent to an activating group) is 1. The molecule has 0 aromatic heterocycles. The van der Waals surface area contributed by atoms with E-state index in [1.54, 1.807) is 7.05 Å². The average Bonchev–Trinajstić information content (AvgIpc) is 2.39. The molecule has 0 aromatic rings. The Morgan fingerprint density at radius 2 is 1.88 bits per heavy atom. The molecule has 0 aliphatic rings. The molecule has 0 aromatic carbocycles. The van der Waals surface area contributed by atoms with Crippen LogP contribution < -0.4 is 10.6 Å². The van der Waals surface area contributed by atoms with Gasteiger partial charge in [-0.05, 0) is 40.0 Å². The van der Waals surface area contributed by atoms with E-state index in [0.717, 1.165) is 19.6 Å². The van der Waals surface area contributed by atoms with E-state index in [4.69, 9.17) is 4.74 Å². The number of aliphatic imine (C=N–C) groups is 1. The van der Waals surface area contributed by atoms with Gasteiger partial charge in [-0.2, -0.15) is 0 Å². The van der Waals surface area contributed by atoms with Gasteiger partial charge in [-0.25, -0.2) is 0 Å². The molecule has 0 rings (SSSR count). The summed E-state index contributed by atoms with van der Waals surface area (Å²) in [7, 11) is 3.59. The number of carbonyl (C=O) groups is 1. The minimum atomic E-state index is -0.225. The summed E-state index contributed by atoms with van der Waals surface area (Å²) >= 11 is 0. The molecule has 7 heteroatoms. The fourth-order valence-corrected chi connectivity index (χ4v) is 2.28. The molecular formula is C17H37IN4O2. The molecule has 1 amide bonds. The van der Waals surface area contributed by atoms with Crippen LogP contribution in [-0.2, 0) is 9.53 Å². The molecule has 1 unspecified atom stereocenters. The predicted octanol–water partition coefficient (Wildman–Crippen LogP) is 2.48. The van der Waals surface area contributed by atoms with Crippen LogP contribution in [0.1, 0.15) is 48.0 Å². The molecule has 0 aliphatic carbocycles. The number of halogens is 1. The quantitative estimate of drug-likeness (QED) is 0.335. The van der Waals surface area contributed by atoms with Crippen LogP contribution in [0, 0.1) is 5.92 Å². The molecule has 0 heterocycles. The minimum absolute atomic E-state index is 0. The Morgan fingerprint density at radius 1 is 1.29 bits per heavy atom. The van der Waals surface area contributed by atoms with Crippen molar-refractivity contribution >= 4 is 35.8 Å². The highest BCUT2D eigenvalue weighted by Crippen LogP contribution is 2.10. The average molecular weight is 456 g/mol. The lowest BCUT2D eigenvalue weighted by molar-refractivity contribution is -0.122. The van der Waals surface area contributed by atoms with E-state index in [-0.39, 0.29) is 48.1 Å². The van der Waals surface area contributed by atoms with Gasteiger partial charge >= 0.3 is 0 Å². The Bertz CT molecular complexity index is 381. The number of hydrogen-bond donors (Lipinski definition) is 2. The minimum Gasteiger partial charge on any atom is -0.378 e. The first-order valence-corrected chi connectivity index (χ1v) is 8.45. The number of hydrogen-bond acceptors (Lipinski definition) is 3. The third kappa shape index (κ3) is 11.9. The number of amides is 1. The first-order valence-electron chi connectivity index (χ1n) is 8.45. The van der Waals surface area contributed by atoms with Crippen LogP contribution in [0.3, 0.4) is 0 Å². The van der Waals surface area contributed by atoms with Crippen LogP contribution in [0.15, 0.2) is 4.99 Å². The van der Waals surface area contributed by atoms with Gasteiger partial charge < -0.3 is 20.3 Å². The number of nitrogens with one attached hydrogen (secondary N) is 2. The monoisotopic (exact) mass is 456 g/mol. The number of rotatable bonds is 8. The Balaban J connectivity index is 0. The summed E-state index contributed by atoms with van der Waals surface area (Å²) in [4.78, 5) is 18.1. The van der Waals surface area contributed by atoms with E-state index < -0.39 is 0 Å². The summed E-state index contributed by atoms with van der Waals surface area (Å²) < 4.78 is 5.74. The highest BCUT2D eigenvalue weighted by atomic mass is 127. The molecule has 6 nitrogen and oxygen atoms in total. The number of carbonyl (C=O) groups excluding carboxylic acids is 1. The van der Waals surface area contributed by atoms with Gasteiger partial charge in [0.2, 0.25) is 5.91 Å². The smallest absolute Gasteiger partial charge is 0.240 e. The van der Waals surface area contributed by atoms with Crippen molar-refractivity contribution in [1.29, 1.82) is 0 Å². The van der Waals surface area contributed by atoms with Crippen molar-refractivity contribution < 1.29 is 9.53 Å². The summed E-state index contributed by atoms with van der Waals surface area (Å²) in [5.74, 6) is 1.18. The molecule has 0 fully saturated rings. The topological polar surface area (TPSA) is 66.0 Å². The van der Waals surface area contributed by atoms with Gasteiger partial charge in [-0.1, -0.05) is 13.8 Å². The first-order chi connectivity index (χ1) is 10.6. The Labute approximate surface area is 165 Å². The SMILES string of the molecule is CCOC(CCNC(=NC)N(C)CC(=O)NC(C)(C)C)C(C)C.I. The molecule has 24 heavy (non-hydrogen) atoms. The van der Waals surface area contributed by atoms with Crippen LogP contribution in [0.25, 0.3) is 0 Å². The molecule has 0 aliphatic heterocycles. The predicted molar refractivity (Wildman–Crippen MR) is 112 cm³/mol. The third-order valence-corrected chi connectivity index (χ3v) is 3.30. The van der Waals surface area contributed by atoms with Gasteiger partial charge in [0.05, 0.1) is 12.6 Å². The molecule has 0 bridgehead atoms. The van der Waals surface area contributed by atoms with Gasteiger partial charge in [-0.3, -0.25) is 9.79 Å². The summed E-state index contributed by atoms with van der Waals surface area (Å²) in [5, 5.41) is 6.25. The van der Waals surface area contributed by atoms with Crippen molar-refractivity contribution in [3.05, 3.63) is 0 Å². The highest BCUT2D eigenvalue weighted by Gasteiger charge is 2.17. The maximum Gasteiger partial charge on any atom is 0.240 e. The van der Waals surface area contributed by atoms with Crippen LogP contribution >= 0.6 is 24.0 Å².